The van der Waals surface area contributed by atoms with Gasteiger partial charge in [0.25, 0.3) is 0 Å². The minimum atomic E-state index is 0.0327. The lowest BCUT2D eigenvalue weighted by Gasteiger charge is -2.03. The molecule has 0 aliphatic heterocycles. The molecular weight excluding hydrogens is 480 g/mol. The number of phenols is 1. The zero-order chi connectivity index (χ0) is 14.7. The molecule has 0 bridgehead atoms. The van der Waals surface area contributed by atoms with Gasteiger partial charge in [0.15, 0.2) is 5.78 Å². The van der Waals surface area contributed by atoms with Gasteiger partial charge < -0.3 is 5.11 Å². The van der Waals surface area contributed by atoms with Crippen LogP contribution >= 0.6 is 45.2 Å². The van der Waals surface area contributed by atoms with Gasteiger partial charge >= 0.3 is 0 Å². The van der Waals surface area contributed by atoms with Gasteiger partial charge in [0, 0.05) is 20.9 Å². The number of aliphatic imine (C=N–C) groups is 1. The van der Waals surface area contributed by atoms with Crippen LogP contribution in [-0.2, 0) is 0 Å². The Morgan fingerprint density at radius 3 is 2.45 bits per heavy atom. The number of halogens is 2. The zero-order valence-electron chi connectivity index (χ0n) is 10.6. The van der Waals surface area contributed by atoms with Crippen LogP contribution in [0.3, 0.4) is 0 Å². The third-order valence-corrected chi connectivity index (χ3v) is 4.13. The molecule has 0 heterocycles. The number of rotatable bonds is 3. The summed E-state index contributed by atoms with van der Waals surface area (Å²) in [5.41, 5.74) is 2.08. The second-order valence-corrected chi connectivity index (χ2v) is 6.59. The Hall–Kier alpha value is -0.960. The average Bonchev–Trinajstić information content (AvgIpc) is 2.41. The molecule has 1 N–H and O–H groups in total. The number of nitrogens with zero attached hydrogens (tertiary/aromatic N) is 1. The number of Topliss-reactive ketones (excluding diaryl/α,β-unsaturated/α-hetero) is 1. The van der Waals surface area contributed by atoms with Crippen LogP contribution in [0.4, 0.5) is 5.69 Å². The summed E-state index contributed by atoms with van der Waals surface area (Å²) in [6.07, 6.45) is 1.63. The Balaban J connectivity index is 2.27. The van der Waals surface area contributed by atoms with Crippen molar-refractivity contribution in [3.8, 4) is 5.75 Å². The van der Waals surface area contributed by atoms with Gasteiger partial charge in [-0.2, -0.15) is 0 Å². The zero-order valence-corrected chi connectivity index (χ0v) is 14.9. The number of hydrogen-bond acceptors (Lipinski definition) is 3. The van der Waals surface area contributed by atoms with Crippen molar-refractivity contribution in [1.82, 2.24) is 0 Å². The summed E-state index contributed by atoms with van der Waals surface area (Å²) in [5, 5.41) is 9.97. The third kappa shape index (κ3) is 3.78. The number of aromatic hydroxyl groups is 1. The first-order chi connectivity index (χ1) is 9.47. The van der Waals surface area contributed by atoms with E-state index < -0.39 is 0 Å². The summed E-state index contributed by atoms with van der Waals surface area (Å²) in [6, 6.07) is 10.8. The van der Waals surface area contributed by atoms with E-state index in [9.17, 15) is 9.90 Å². The minimum absolute atomic E-state index is 0.0327. The first kappa shape index (κ1) is 15.4. The van der Waals surface area contributed by atoms with E-state index in [0.29, 0.717) is 11.1 Å². The van der Waals surface area contributed by atoms with Gasteiger partial charge in [0.1, 0.15) is 5.75 Å². The molecule has 20 heavy (non-hydrogen) atoms. The fraction of sp³-hybridized carbons (Fsp3) is 0.0667. The van der Waals surface area contributed by atoms with E-state index in [1.54, 1.807) is 30.5 Å². The maximum atomic E-state index is 11.2. The fourth-order valence-electron chi connectivity index (χ4n) is 1.61. The molecule has 5 heteroatoms. The topological polar surface area (TPSA) is 49.7 Å². The summed E-state index contributed by atoms with van der Waals surface area (Å²) in [6.45, 7) is 1.53. The highest BCUT2D eigenvalue weighted by molar-refractivity contribution is 14.1. The standard InChI is InChI=1S/C15H11I2NO2/c1-9(19)10-2-4-13(5-3-10)18-8-11-6-12(16)7-14(17)15(11)20/h2-8,20H,1H3. The SMILES string of the molecule is CC(=O)c1ccc(N=Cc2cc(I)cc(I)c2O)cc1. The van der Waals surface area contributed by atoms with Crippen molar-refractivity contribution in [3.05, 3.63) is 54.7 Å². The number of benzene rings is 2. The van der Waals surface area contributed by atoms with Crippen LogP contribution in [0.5, 0.6) is 5.75 Å². The van der Waals surface area contributed by atoms with E-state index in [-0.39, 0.29) is 11.5 Å². The molecule has 2 rings (SSSR count). The van der Waals surface area contributed by atoms with Crippen molar-refractivity contribution in [2.45, 2.75) is 6.92 Å². The minimum Gasteiger partial charge on any atom is -0.506 e. The van der Waals surface area contributed by atoms with Gasteiger partial charge in [0.05, 0.1) is 9.26 Å². The van der Waals surface area contributed by atoms with E-state index in [0.717, 1.165) is 12.8 Å². The predicted molar refractivity (Wildman–Crippen MR) is 97.2 cm³/mol. The molecule has 102 valence electrons. The highest BCUT2D eigenvalue weighted by atomic mass is 127. The van der Waals surface area contributed by atoms with Crippen LogP contribution in [0.15, 0.2) is 41.4 Å². The maximum absolute atomic E-state index is 11.2. The molecule has 0 fully saturated rings. The molecule has 2 aromatic carbocycles. The molecule has 0 atom stereocenters. The lowest BCUT2D eigenvalue weighted by Crippen LogP contribution is -1.90. The highest BCUT2D eigenvalue weighted by Crippen LogP contribution is 2.26. The van der Waals surface area contributed by atoms with Crippen LogP contribution in [-0.4, -0.2) is 17.1 Å². The van der Waals surface area contributed by atoms with Gasteiger partial charge in [-0.3, -0.25) is 9.79 Å². The van der Waals surface area contributed by atoms with Gasteiger partial charge in [-0.15, -0.1) is 0 Å². The third-order valence-electron chi connectivity index (χ3n) is 2.68. The number of phenolic OH excluding ortho intramolecular Hbond substituents is 1. The van der Waals surface area contributed by atoms with E-state index in [1.807, 2.05) is 12.1 Å². The van der Waals surface area contributed by atoms with E-state index in [4.69, 9.17) is 0 Å². The fourth-order valence-corrected chi connectivity index (χ4v) is 3.50. The summed E-state index contributed by atoms with van der Waals surface area (Å²) in [7, 11) is 0. The smallest absolute Gasteiger partial charge is 0.159 e. The second-order valence-electron chi connectivity index (χ2n) is 4.19. The molecule has 0 saturated carbocycles. The lowest BCUT2D eigenvalue weighted by atomic mass is 10.1. The average molecular weight is 491 g/mol. The number of ketones is 1. The maximum Gasteiger partial charge on any atom is 0.159 e. The lowest BCUT2D eigenvalue weighted by molar-refractivity contribution is 0.101. The van der Waals surface area contributed by atoms with Gasteiger partial charge in [-0.25, -0.2) is 0 Å². The molecule has 0 saturated heterocycles. The summed E-state index contributed by atoms with van der Waals surface area (Å²) < 4.78 is 1.83. The first-order valence-corrected chi connectivity index (χ1v) is 7.96. The molecule has 0 aliphatic carbocycles. The summed E-state index contributed by atoms with van der Waals surface area (Å²) in [4.78, 5) is 15.5. The van der Waals surface area contributed by atoms with Crippen molar-refractivity contribution in [3.63, 3.8) is 0 Å². The Labute approximate surface area is 144 Å². The largest absolute Gasteiger partial charge is 0.506 e. The molecule has 3 nitrogen and oxygen atoms in total. The molecule has 0 radical (unpaired) electrons. The quantitative estimate of drug-likeness (QED) is 0.389. The molecule has 0 aromatic heterocycles. The number of carbonyl (C=O) groups excluding carboxylic acids is 1. The monoisotopic (exact) mass is 491 g/mol. The Morgan fingerprint density at radius 1 is 1.20 bits per heavy atom. The summed E-state index contributed by atoms with van der Waals surface area (Å²) >= 11 is 4.29. The number of carbonyl (C=O) groups is 1. The van der Waals surface area contributed by atoms with Crippen molar-refractivity contribution in [1.29, 1.82) is 0 Å². The highest BCUT2D eigenvalue weighted by Gasteiger charge is 2.05. The Morgan fingerprint density at radius 2 is 1.85 bits per heavy atom. The van der Waals surface area contributed by atoms with Crippen LogP contribution in [0.1, 0.15) is 22.8 Å². The second kappa shape index (κ2) is 6.66. The van der Waals surface area contributed by atoms with E-state index in [2.05, 4.69) is 50.2 Å². The number of hydrogen-bond donors (Lipinski definition) is 1. The molecule has 0 amide bonds. The van der Waals surface area contributed by atoms with Crippen LogP contribution in [0.25, 0.3) is 0 Å². The normalized spacial score (nSPS) is 10.9. The van der Waals surface area contributed by atoms with Crippen molar-refractivity contribution >= 4 is 62.9 Å². The van der Waals surface area contributed by atoms with Gasteiger partial charge in [-0.1, -0.05) is 0 Å². The van der Waals surface area contributed by atoms with E-state index in [1.165, 1.54) is 6.92 Å². The van der Waals surface area contributed by atoms with Crippen LogP contribution < -0.4 is 0 Å². The van der Waals surface area contributed by atoms with Crippen molar-refractivity contribution < 1.29 is 9.90 Å². The summed E-state index contributed by atoms with van der Waals surface area (Å²) in [5.74, 6) is 0.264. The molecule has 2 aromatic rings. The van der Waals surface area contributed by atoms with Crippen LogP contribution in [0, 0.1) is 7.14 Å². The van der Waals surface area contributed by atoms with Crippen molar-refractivity contribution in [2.75, 3.05) is 0 Å². The van der Waals surface area contributed by atoms with Gasteiger partial charge in [-0.05, 0) is 88.5 Å². The molecule has 0 aliphatic rings. The predicted octanol–water partition coefficient (Wildman–Crippen LogP) is 4.55. The Bertz CT molecular complexity index is 679. The molecular formula is C15H11I2NO2. The first-order valence-electron chi connectivity index (χ1n) is 5.80. The Kier molecular flexibility index (Phi) is 5.14. The molecule has 0 unspecified atom stereocenters. The van der Waals surface area contributed by atoms with E-state index >= 15 is 0 Å². The van der Waals surface area contributed by atoms with Crippen LogP contribution in [0.2, 0.25) is 0 Å². The molecule has 0 spiro atoms. The van der Waals surface area contributed by atoms with Gasteiger partial charge in [0.2, 0.25) is 0 Å². The van der Waals surface area contributed by atoms with Crippen molar-refractivity contribution in [2.24, 2.45) is 4.99 Å².